The van der Waals surface area contributed by atoms with Crippen molar-refractivity contribution in [3.8, 4) is 0 Å². The molecule has 7 nitrogen and oxygen atoms in total. The molecule has 1 fully saturated rings. The van der Waals surface area contributed by atoms with E-state index < -0.39 is 0 Å². The van der Waals surface area contributed by atoms with Gasteiger partial charge in [0.2, 0.25) is 0 Å². The maximum absolute atomic E-state index is 5.67. The molecule has 2 heterocycles. The monoisotopic (exact) mass is 479 g/mol. The van der Waals surface area contributed by atoms with Gasteiger partial charge in [-0.15, -0.1) is 24.0 Å². The fraction of sp³-hybridized carbons (Fsp3) is 0.778. The highest BCUT2D eigenvalue weighted by molar-refractivity contribution is 14.0. The summed E-state index contributed by atoms with van der Waals surface area (Å²) in [5.74, 6) is 0.873. The molecule has 1 aliphatic heterocycles. The molecule has 1 unspecified atom stereocenters. The highest BCUT2D eigenvalue weighted by Gasteiger charge is 2.14. The lowest BCUT2D eigenvalue weighted by Crippen LogP contribution is -2.38. The van der Waals surface area contributed by atoms with Gasteiger partial charge in [-0.05, 0) is 45.1 Å². The van der Waals surface area contributed by atoms with E-state index in [1.807, 2.05) is 10.9 Å². The molecule has 1 aromatic rings. The summed E-state index contributed by atoms with van der Waals surface area (Å²) in [6, 6.07) is 0. The number of ether oxygens (including phenoxy) is 2. The van der Waals surface area contributed by atoms with E-state index in [-0.39, 0.29) is 24.0 Å². The number of halogens is 1. The Kier molecular flexibility index (Phi) is 12.7. The largest absolute Gasteiger partial charge is 0.379 e. The molecule has 1 aromatic heterocycles. The van der Waals surface area contributed by atoms with Crippen LogP contribution in [0.1, 0.15) is 38.2 Å². The van der Waals surface area contributed by atoms with Gasteiger partial charge in [-0.25, -0.2) is 0 Å². The lowest BCUT2D eigenvalue weighted by molar-refractivity contribution is 0.0168. The van der Waals surface area contributed by atoms with Crippen LogP contribution in [0.15, 0.2) is 17.4 Å². The molecule has 2 rings (SSSR count). The predicted molar refractivity (Wildman–Crippen MR) is 115 cm³/mol. The molecule has 150 valence electrons. The summed E-state index contributed by atoms with van der Waals surface area (Å²) in [5.41, 5.74) is 1.19. The van der Waals surface area contributed by atoms with E-state index in [9.17, 15) is 0 Å². The first-order chi connectivity index (χ1) is 12.3. The number of aromatic nitrogens is 2. The fourth-order valence-electron chi connectivity index (χ4n) is 2.73. The molecule has 8 heteroatoms. The maximum Gasteiger partial charge on any atom is 0.191 e. The molecule has 0 saturated carbocycles. The molecule has 0 spiro atoms. The van der Waals surface area contributed by atoms with Gasteiger partial charge in [0.25, 0.3) is 0 Å². The predicted octanol–water partition coefficient (Wildman–Crippen LogP) is 2.34. The topological polar surface area (TPSA) is 72.7 Å². The van der Waals surface area contributed by atoms with Crippen LogP contribution in [0.25, 0.3) is 0 Å². The number of nitrogens with one attached hydrogen (secondary N) is 2. The van der Waals surface area contributed by atoms with Crippen molar-refractivity contribution >= 4 is 29.9 Å². The average molecular weight is 479 g/mol. The molecule has 0 bridgehead atoms. The summed E-state index contributed by atoms with van der Waals surface area (Å²) >= 11 is 0. The Hall–Kier alpha value is -0.870. The number of guanidine groups is 1. The first-order valence-corrected chi connectivity index (χ1v) is 9.48. The lowest BCUT2D eigenvalue weighted by Gasteiger charge is -2.12. The summed E-state index contributed by atoms with van der Waals surface area (Å²) in [7, 11) is 0. The third-order valence-corrected chi connectivity index (χ3v) is 4.01. The van der Waals surface area contributed by atoms with Gasteiger partial charge in [0.05, 0.1) is 18.9 Å². The SMILES string of the molecule is CCNC(=NCCCn1cc(C)cn1)NCCCOCC1CCCO1.I. The maximum atomic E-state index is 5.67. The smallest absolute Gasteiger partial charge is 0.191 e. The zero-order valence-electron chi connectivity index (χ0n) is 16.1. The van der Waals surface area contributed by atoms with Gasteiger partial charge in [-0.3, -0.25) is 9.67 Å². The summed E-state index contributed by atoms with van der Waals surface area (Å²) in [4.78, 5) is 4.61. The quantitative estimate of drug-likeness (QED) is 0.221. The number of hydrogen-bond donors (Lipinski definition) is 2. The van der Waals surface area contributed by atoms with Crippen molar-refractivity contribution in [1.82, 2.24) is 20.4 Å². The van der Waals surface area contributed by atoms with Crippen molar-refractivity contribution in [2.45, 2.75) is 52.2 Å². The molecule has 1 aliphatic rings. The molecule has 0 radical (unpaired) electrons. The molecule has 0 aliphatic carbocycles. The molecule has 0 amide bonds. The van der Waals surface area contributed by atoms with Crippen molar-refractivity contribution in [3.05, 3.63) is 18.0 Å². The van der Waals surface area contributed by atoms with E-state index in [1.165, 1.54) is 5.56 Å². The van der Waals surface area contributed by atoms with Crippen LogP contribution in [0, 0.1) is 6.92 Å². The van der Waals surface area contributed by atoms with Gasteiger partial charge in [-0.2, -0.15) is 5.10 Å². The van der Waals surface area contributed by atoms with Crippen LogP contribution < -0.4 is 10.6 Å². The second-order valence-electron chi connectivity index (χ2n) is 6.39. The standard InChI is InChI=1S/C18H33N5O2.HI/c1-3-19-18(20-8-5-10-23-14-16(2)13-22-23)21-9-6-11-24-15-17-7-4-12-25-17;/h13-14,17H,3-12,15H2,1-2H3,(H2,19,20,21);1H. The van der Waals surface area contributed by atoms with Crippen LogP contribution in [0.5, 0.6) is 0 Å². The van der Waals surface area contributed by atoms with E-state index in [0.29, 0.717) is 6.10 Å². The zero-order valence-corrected chi connectivity index (χ0v) is 18.4. The highest BCUT2D eigenvalue weighted by Crippen LogP contribution is 2.11. The number of aryl methyl sites for hydroxylation is 2. The fourth-order valence-corrected chi connectivity index (χ4v) is 2.73. The second-order valence-corrected chi connectivity index (χ2v) is 6.39. The number of rotatable bonds is 11. The van der Waals surface area contributed by atoms with E-state index in [0.717, 1.165) is 77.6 Å². The molecular formula is C18H34IN5O2. The summed E-state index contributed by atoms with van der Waals surface area (Å²) in [6.45, 7) is 9.89. The normalized spacial score (nSPS) is 17.2. The van der Waals surface area contributed by atoms with E-state index in [2.05, 4.69) is 40.8 Å². The summed E-state index contributed by atoms with van der Waals surface area (Å²) < 4.78 is 13.2. The second kappa shape index (κ2) is 14.2. The van der Waals surface area contributed by atoms with Crippen molar-refractivity contribution in [2.75, 3.05) is 39.5 Å². The van der Waals surface area contributed by atoms with Gasteiger partial charge < -0.3 is 20.1 Å². The molecule has 1 saturated heterocycles. The third-order valence-electron chi connectivity index (χ3n) is 4.01. The van der Waals surface area contributed by atoms with Crippen LogP contribution >= 0.6 is 24.0 Å². The molecule has 2 N–H and O–H groups in total. The third kappa shape index (κ3) is 9.72. The molecule has 1 atom stereocenters. The Morgan fingerprint density at radius 3 is 3.00 bits per heavy atom. The Morgan fingerprint density at radius 1 is 1.42 bits per heavy atom. The first-order valence-electron chi connectivity index (χ1n) is 9.48. The number of nitrogens with zero attached hydrogens (tertiary/aromatic N) is 3. The minimum Gasteiger partial charge on any atom is -0.379 e. The van der Waals surface area contributed by atoms with Crippen molar-refractivity contribution in [1.29, 1.82) is 0 Å². The Balaban J connectivity index is 0.00000338. The average Bonchev–Trinajstić information content (AvgIpc) is 3.26. The summed E-state index contributed by atoms with van der Waals surface area (Å²) in [5, 5.41) is 10.9. The van der Waals surface area contributed by atoms with Crippen LogP contribution in [-0.4, -0.2) is 61.3 Å². The van der Waals surface area contributed by atoms with Crippen LogP contribution in [0.2, 0.25) is 0 Å². The van der Waals surface area contributed by atoms with Crippen molar-refractivity contribution in [2.24, 2.45) is 4.99 Å². The summed E-state index contributed by atoms with van der Waals surface area (Å²) in [6.07, 6.45) is 8.49. The van der Waals surface area contributed by atoms with Crippen molar-refractivity contribution < 1.29 is 9.47 Å². The number of aliphatic imine (C=N–C) groups is 1. The van der Waals surface area contributed by atoms with Gasteiger partial charge >= 0.3 is 0 Å². The van der Waals surface area contributed by atoms with E-state index >= 15 is 0 Å². The molecular weight excluding hydrogens is 445 g/mol. The van der Waals surface area contributed by atoms with E-state index in [4.69, 9.17) is 9.47 Å². The lowest BCUT2D eigenvalue weighted by atomic mass is 10.2. The molecule has 0 aromatic carbocycles. The van der Waals surface area contributed by atoms with Gasteiger partial charge in [-0.1, -0.05) is 0 Å². The first kappa shape index (κ1) is 23.2. The van der Waals surface area contributed by atoms with Gasteiger partial charge in [0.15, 0.2) is 5.96 Å². The molecule has 26 heavy (non-hydrogen) atoms. The van der Waals surface area contributed by atoms with Gasteiger partial charge in [0.1, 0.15) is 0 Å². The van der Waals surface area contributed by atoms with Crippen molar-refractivity contribution in [3.63, 3.8) is 0 Å². The minimum absolute atomic E-state index is 0. The van der Waals surface area contributed by atoms with E-state index in [1.54, 1.807) is 0 Å². The van der Waals surface area contributed by atoms with Gasteiger partial charge in [0, 0.05) is 45.6 Å². The Labute approximate surface area is 174 Å². The minimum atomic E-state index is 0. The Bertz CT molecular complexity index is 504. The number of hydrogen-bond acceptors (Lipinski definition) is 4. The Morgan fingerprint density at radius 2 is 2.31 bits per heavy atom. The van der Waals surface area contributed by atoms with Crippen LogP contribution in [0.3, 0.4) is 0 Å². The zero-order chi connectivity index (χ0) is 17.7. The van der Waals surface area contributed by atoms with Crippen LogP contribution in [-0.2, 0) is 16.0 Å². The van der Waals surface area contributed by atoms with Crippen LogP contribution in [0.4, 0.5) is 0 Å². The highest BCUT2D eigenvalue weighted by atomic mass is 127.